The summed E-state index contributed by atoms with van der Waals surface area (Å²) in [5.41, 5.74) is 7.02. The van der Waals surface area contributed by atoms with E-state index in [0.717, 1.165) is 24.3 Å². The van der Waals surface area contributed by atoms with Crippen LogP contribution in [0, 0.1) is 0 Å². The van der Waals surface area contributed by atoms with Gasteiger partial charge in [0.1, 0.15) is 0 Å². The summed E-state index contributed by atoms with van der Waals surface area (Å²) in [5.74, 6) is 1.64. The van der Waals surface area contributed by atoms with E-state index in [-0.39, 0.29) is 12.1 Å². The molecule has 1 rings (SSSR count). The Morgan fingerprint density at radius 1 is 1.17 bits per heavy atom. The molecule has 0 heterocycles. The Morgan fingerprint density at radius 3 is 2.44 bits per heavy atom. The Kier molecular flexibility index (Phi) is 5.99. The number of hydrogen-bond acceptors (Lipinski definition) is 3. The van der Waals surface area contributed by atoms with E-state index in [1.54, 1.807) is 0 Å². The minimum atomic E-state index is 0.152. The lowest BCUT2D eigenvalue weighted by Crippen LogP contribution is -2.15. The highest BCUT2D eigenvalue weighted by Gasteiger charge is 2.08. The van der Waals surface area contributed by atoms with Gasteiger partial charge in [0.25, 0.3) is 0 Å². The summed E-state index contributed by atoms with van der Waals surface area (Å²) in [6.07, 6.45) is 2.11. The van der Waals surface area contributed by atoms with Crippen LogP contribution in [-0.4, -0.2) is 18.8 Å². The molecule has 3 nitrogen and oxygen atoms in total. The smallest absolute Gasteiger partial charge is 0.161 e. The van der Waals surface area contributed by atoms with E-state index in [1.165, 1.54) is 5.56 Å². The highest BCUT2D eigenvalue weighted by atomic mass is 16.5. The van der Waals surface area contributed by atoms with E-state index >= 15 is 0 Å². The lowest BCUT2D eigenvalue weighted by molar-refractivity contribution is 0.223. The van der Waals surface area contributed by atoms with Gasteiger partial charge in [0, 0.05) is 6.04 Å². The van der Waals surface area contributed by atoms with Crippen molar-refractivity contribution in [2.75, 3.05) is 6.61 Å². The molecule has 0 radical (unpaired) electrons. The molecule has 1 aromatic rings. The monoisotopic (exact) mass is 251 g/mol. The molecular formula is C15H25NO2. The van der Waals surface area contributed by atoms with Crippen LogP contribution >= 0.6 is 0 Å². The zero-order valence-corrected chi connectivity index (χ0v) is 11.9. The van der Waals surface area contributed by atoms with Crippen LogP contribution in [0.4, 0.5) is 0 Å². The Bertz CT molecular complexity index is 362. The van der Waals surface area contributed by atoms with Gasteiger partial charge in [-0.3, -0.25) is 0 Å². The molecule has 0 spiro atoms. The normalized spacial score (nSPS) is 12.6. The number of rotatable bonds is 7. The second-order valence-electron chi connectivity index (χ2n) is 4.90. The SMILES string of the molecule is CCOc1cc(CCC(C)N)ccc1OC(C)C. The van der Waals surface area contributed by atoms with Gasteiger partial charge in [-0.25, -0.2) is 0 Å². The second-order valence-corrected chi connectivity index (χ2v) is 4.90. The topological polar surface area (TPSA) is 44.5 Å². The summed E-state index contributed by atoms with van der Waals surface area (Å²) in [6, 6.07) is 6.36. The number of hydrogen-bond donors (Lipinski definition) is 1. The average Bonchev–Trinajstić information content (AvgIpc) is 2.29. The molecule has 1 unspecified atom stereocenters. The Labute approximate surface area is 110 Å². The van der Waals surface area contributed by atoms with Crippen molar-refractivity contribution in [1.82, 2.24) is 0 Å². The Hall–Kier alpha value is -1.22. The molecule has 1 aromatic carbocycles. The molecule has 0 saturated carbocycles. The summed E-state index contributed by atoms with van der Waals surface area (Å²) >= 11 is 0. The standard InChI is InChI=1S/C15H25NO2/c1-5-17-15-10-13(7-6-12(4)16)8-9-14(15)18-11(2)3/h8-12H,5-7,16H2,1-4H3. The minimum absolute atomic E-state index is 0.152. The van der Waals surface area contributed by atoms with Crippen LogP contribution < -0.4 is 15.2 Å². The largest absolute Gasteiger partial charge is 0.490 e. The van der Waals surface area contributed by atoms with Crippen molar-refractivity contribution in [3.05, 3.63) is 23.8 Å². The van der Waals surface area contributed by atoms with Crippen molar-refractivity contribution in [3.63, 3.8) is 0 Å². The third-order valence-corrected chi connectivity index (χ3v) is 2.56. The van der Waals surface area contributed by atoms with Gasteiger partial charge in [0.2, 0.25) is 0 Å². The zero-order valence-electron chi connectivity index (χ0n) is 11.9. The zero-order chi connectivity index (χ0) is 13.5. The van der Waals surface area contributed by atoms with Gasteiger partial charge in [0.05, 0.1) is 12.7 Å². The predicted molar refractivity (Wildman–Crippen MR) is 75.3 cm³/mol. The average molecular weight is 251 g/mol. The van der Waals surface area contributed by atoms with Crippen LogP contribution in [-0.2, 0) is 6.42 Å². The maximum absolute atomic E-state index is 5.78. The molecule has 0 aliphatic heterocycles. The maximum atomic E-state index is 5.78. The van der Waals surface area contributed by atoms with E-state index in [0.29, 0.717) is 6.61 Å². The van der Waals surface area contributed by atoms with Crippen LogP contribution in [0.1, 0.15) is 39.7 Å². The first-order chi connectivity index (χ1) is 8.52. The lowest BCUT2D eigenvalue weighted by Gasteiger charge is -2.15. The molecule has 18 heavy (non-hydrogen) atoms. The molecule has 102 valence electrons. The Morgan fingerprint density at radius 2 is 1.89 bits per heavy atom. The van der Waals surface area contributed by atoms with Crippen LogP contribution in [0.15, 0.2) is 18.2 Å². The predicted octanol–water partition coefficient (Wildman–Crippen LogP) is 3.15. The summed E-state index contributed by atoms with van der Waals surface area (Å²) in [4.78, 5) is 0. The van der Waals surface area contributed by atoms with Crippen molar-refractivity contribution in [3.8, 4) is 11.5 Å². The summed E-state index contributed by atoms with van der Waals surface area (Å²) in [7, 11) is 0. The van der Waals surface area contributed by atoms with E-state index in [4.69, 9.17) is 15.2 Å². The van der Waals surface area contributed by atoms with Gasteiger partial charge in [-0.05, 0) is 58.2 Å². The van der Waals surface area contributed by atoms with Gasteiger partial charge >= 0.3 is 0 Å². The van der Waals surface area contributed by atoms with Crippen molar-refractivity contribution < 1.29 is 9.47 Å². The summed E-state index contributed by atoms with van der Waals surface area (Å²) in [5, 5.41) is 0. The summed E-state index contributed by atoms with van der Waals surface area (Å²) < 4.78 is 11.4. The molecule has 0 saturated heterocycles. The first-order valence-corrected chi connectivity index (χ1v) is 6.70. The van der Waals surface area contributed by atoms with Crippen molar-refractivity contribution >= 4 is 0 Å². The number of nitrogens with two attached hydrogens (primary N) is 1. The maximum Gasteiger partial charge on any atom is 0.161 e. The molecule has 0 aliphatic carbocycles. The van der Waals surface area contributed by atoms with Gasteiger partial charge in [0.15, 0.2) is 11.5 Å². The van der Waals surface area contributed by atoms with Gasteiger partial charge in [-0.2, -0.15) is 0 Å². The number of benzene rings is 1. The molecule has 2 N–H and O–H groups in total. The molecule has 0 amide bonds. The molecule has 0 fully saturated rings. The highest BCUT2D eigenvalue weighted by molar-refractivity contribution is 5.43. The number of ether oxygens (including phenoxy) is 2. The van der Waals surface area contributed by atoms with Crippen molar-refractivity contribution in [2.45, 2.75) is 52.7 Å². The van der Waals surface area contributed by atoms with Crippen LogP contribution in [0.3, 0.4) is 0 Å². The molecular weight excluding hydrogens is 226 g/mol. The molecule has 1 atom stereocenters. The van der Waals surface area contributed by atoms with E-state index < -0.39 is 0 Å². The van der Waals surface area contributed by atoms with Crippen LogP contribution in [0.2, 0.25) is 0 Å². The molecule has 0 aliphatic rings. The summed E-state index contributed by atoms with van der Waals surface area (Å²) in [6.45, 7) is 8.68. The van der Waals surface area contributed by atoms with E-state index in [1.807, 2.05) is 33.8 Å². The third-order valence-electron chi connectivity index (χ3n) is 2.56. The van der Waals surface area contributed by atoms with Crippen LogP contribution in [0.5, 0.6) is 11.5 Å². The van der Waals surface area contributed by atoms with Crippen LogP contribution in [0.25, 0.3) is 0 Å². The van der Waals surface area contributed by atoms with E-state index in [2.05, 4.69) is 12.1 Å². The fourth-order valence-corrected chi connectivity index (χ4v) is 1.72. The molecule has 0 bridgehead atoms. The third kappa shape index (κ3) is 4.96. The first kappa shape index (κ1) is 14.8. The first-order valence-electron chi connectivity index (χ1n) is 6.70. The fraction of sp³-hybridized carbons (Fsp3) is 0.600. The van der Waals surface area contributed by atoms with Crippen molar-refractivity contribution in [1.29, 1.82) is 0 Å². The highest BCUT2D eigenvalue weighted by Crippen LogP contribution is 2.29. The number of aryl methyl sites for hydroxylation is 1. The van der Waals surface area contributed by atoms with E-state index in [9.17, 15) is 0 Å². The van der Waals surface area contributed by atoms with Gasteiger partial charge < -0.3 is 15.2 Å². The fourth-order valence-electron chi connectivity index (χ4n) is 1.72. The minimum Gasteiger partial charge on any atom is -0.490 e. The second kappa shape index (κ2) is 7.27. The Balaban J connectivity index is 2.81. The lowest BCUT2D eigenvalue weighted by atomic mass is 10.1. The molecule has 3 heteroatoms. The van der Waals surface area contributed by atoms with Crippen molar-refractivity contribution in [2.24, 2.45) is 5.73 Å². The quantitative estimate of drug-likeness (QED) is 0.809. The van der Waals surface area contributed by atoms with Gasteiger partial charge in [-0.15, -0.1) is 0 Å². The molecule has 0 aromatic heterocycles. The van der Waals surface area contributed by atoms with Gasteiger partial charge in [-0.1, -0.05) is 6.07 Å².